The first kappa shape index (κ1) is 31.7. The lowest BCUT2D eigenvalue weighted by Gasteiger charge is -2.32. The summed E-state index contributed by atoms with van der Waals surface area (Å²) in [5.41, 5.74) is 18.1. The van der Waals surface area contributed by atoms with Crippen molar-refractivity contribution in [2.75, 3.05) is 6.67 Å². The molecule has 3 aliphatic rings. The Labute approximate surface area is 335 Å². The van der Waals surface area contributed by atoms with Crippen molar-refractivity contribution < 1.29 is 0 Å². The predicted octanol–water partition coefficient (Wildman–Crippen LogP) is 13.1. The molecule has 3 heteroatoms. The average molecular weight is 738 g/mol. The van der Waals surface area contributed by atoms with Gasteiger partial charge in [0.15, 0.2) is 0 Å². The molecule has 10 aromatic rings. The zero-order chi connectivity index (χ0) is 38.0. The molecule has 0 saturated carbocycles. The number of hydrogen-bond donors (Lipinski definition) is 1. The van der Waals surface area contributed by atoms with Gasteiger partial charge < -0.3 is 9.88 Å². The van der Waals surface area contributed by atoms with Crippen LogP contribution in [0.2, 0.25) is 0 Å². The van der Waals surface area contributed by atoms with Gasteiger partial charge in [-0.2, -0.15) is 0 Å². The SMILES string of the molecule is C1=NCNC2=C1C1(c3cc(-c4c5ccccc5c(-c5ccccc5)c5ccccc45)ccc32)c2ccccc2-c2cc3c4ccccc4n(-c4ccccc4)c3cc21. The number of aliphatic imine (C=N–C) groups is 1. The Hall–Kier alpha value is -7.49. The number of allylic oxidation sites excluding steroid dienone is 1. The Balaban J connectivity index is 1.15. The fraction of sp³-hybridized carbons (Fsp3) is 0.0364. The molecule has 1 atom stereocenters. The van der Waals surface area contributed by atoms with E-state index in [0.29, 0.717) is 6.67 Å². The van der Waals surface area contributed by atoms with Crippen molar-refractivity contribution in [1.29, 1.82) is 0 Å². The molecule has 2 heterocycles. The molecule has 2 aliphatic carbocycles. The van der Waals surface area contributed by atoms with Gasteiger partial charge in [-0.15, -0.1) is 0 Å². The first-order chi connectivity index (χ1) is 28.8. The van der Waals surface area contributed by atoms with E-state index in [9.17, 15) is 0 Å². The van der Waals surface area contributed by atoms with Crippen LogP contribution in [-0.4, -0.2) is 17.5 Å². The van der Waals surface area contributed by atoms with Crippen molar-refractivity contribution in [3.8, 4) is 39.1 Å². The van der Waals surface area contributed by atoms with Crippen LogP contribution in [0.3, 0.4) is 0 Å². The Morgan fingerprint density at radius 2 is 1.03 bits per heavy atom. The molecule has 13 rings (SSSR count). The highest BCUT2D eigenvalue weighted by molar-refractivity contribution is 6.22. The standard InChI is InChI=1S/C55H35N3/c1-3-15-34(16-4-1)52-39-21-7-9-23-41(39)53(42-24-10-8-22-40(42)52)35-27-28-43-47(29-35)55(49-32-56-33-57-54(43)49)46-25-13-11-19-37(46)44-30-45-38-20-12-14-26-50(38)58(51(45)31-48(44)55)36-17-5-2-6-18-36/h1-32,57H,33H2. The number of aromatic nitrogens is 1. The van der Waals surface area contributed by atoms with E-state index in [0.717, 1.165) is 5.69 Å². The van der Waals surface area contributed by atoms with Gasteiger partial charge in [0.2, 0.25) is 0 Å². The first-order valence-electron chi connectivity index (χ1n) is 20.2. The smallest absolute Gasteiger partial charge is 0.107 e. The highest BCUT2D eigenvalue weighted by atomic mass is 15.0. The Bertz CT molecular complexity index is 3390. The zero-order valence-electron chi connectivity index (χ0n) is 31.6. The average Bonchev–Trinajstić information content (AvgIpc) is 3.89. The molecule has 1 spiro atoms. The Kier molecular flexibility index (Phi) is 6.43. The van der Waals surface area contributed by atoms with Crippen molar-refractivity contribution in [1.82, 2.24) is 9.88 Å². The summed E-state index contributed by atoms with van der Waals surface area (Å²) in [6.45, 7) is 0.558. The van der Waals surface area contributed by atoms with Gasteiger partial charge >= 0.3 is 0 Å². The number of benzene rings is 9. The van der Waals surface area contributed by atoms with Gasteiger partial charge in [0.05, 0.1) is 16.4 Å². The van der Waals surface area contributed by atoms with Crippen LogP contribution >= 0.6 is 0 Å². The molecule has 0 amide bonds. The molecule has 1 unspecified atom stereocenters. The number of fused-ring (bicyclic) bond motifs is 14. The Morgan fingerprint density at radius 1 is 0.431 bits per heavy atom. The lowest BCUT2D eigenvalue weighted by Crippen LogP contribution is -2.30. The van der Waals surface area contributed by atoms with Crippen molar-refractivity contribution in [2.24, 2.45) is 4.99 Å². The quantitative estimate of drug-likeness (QED) is 0.180. The molecule has 270 valence electrons. The van der Waals surface area contributed by atoms with Crippen LogP contribution in [0.1, 0.15) is 22.3 Å². The summed E-state index contributed by atoms with van der Waals surface area (Å²) in [7, 11) is 0. The third-order valence-corrected chi connectivity index (χ3v) is 13.1. The minimum Gasteiger partial charge on any atom is -0.365 e. The molecule has 1 aromatic heterocycles. The first-order valence-corrected chi connectivity index (χ1v) is 20.2. The van der Waals surface area contributed by atoms with E-state index >= 15 is 0 Å². The summed E-state index contributed by atoms with van der Waals surface area (Å²) in [6.07, 6.45) is 2.16. The molecule has 1 aliphatic heterocycles. The number of para-hydroxylation sites is 2. The summed E-state index contributed by atoms with van der Waals surface area (Å²) < 4.78 is 2.45. The third-order valence-electron chi connectivity index (χ3n) is 13.1. The van der Waals surface area contributed by atoms with Crippen LogP contribution in [0.25, 0.3) is 88.1 Å². The van der Waals surface area contributed by atoms with Gasteiger partial charge in [0, 0.05) is 39.5 Å². The second kappa shape index (κ2) is 11.8. The van der Waals surface area contributed by atoms with E-state index in [1.54, 1.807) is 0 Å². The van der Waals surface area contributed by atoms with E-state index in [1.807, 2.05) is 0 Å². The van der Waals surface area contributed by atoms with E-state index in [4.69, 9.17) is 4.99 Å². The lowest BCUT2D eigenvalue weighted by atomic mass is 9.69. The lowest BCUT2D eigenvalue weighted by molar-refractivity contribution is 0.787. The summed E-state index contributed by atoms with van der Waals surface area (Å²) in [5, 5.41) is 11.3. The fourth-order valence-electron chi connectivity index (χ4n) is 10.8. The zero-order valence-corrected chi connectivity index (χ0v) is 31.6. The maximum absolute atomic E-state index is 4.93. The molecular formula is C55H35N3. The highest BCUT2D eigenvalue weighted by Crippen LogP contribution is 2.63. The maximum atomic E-state index is 4.93. The van der Waals surface area contributed by atoms with Gasteiger partial charge in [0.1, 0.15) is 6.67 Å². The normalized spacial score (nSPS) is 16.3. The van der Waals surface area contributed by atoms with Gasteiger partial charge in [-0.3, -0.25) is 4.99 Å². The molecule has 0 bridgehead atoms. The number of rotatable bonds is 3. The molecule has 3 nitrogen and oxygen atoms in total. The number of hydrogen-bond acceptors (Lipinski definition) is 2. The van der Waals surface area contributed by atoms with Crippen molar-refractivity contribution in [2.45, 2.75) is 5.41 Å². The van der Waals surface area contributed by atoms with Crippen LogP contribution in [-0.2, 0) is 5.41 Å². The minimum atomic E-state index is -0.578. The largest absolute Gasteiger partial charge is 0.365 e. The summed E-state index contributed by atoms with van der Waals surface area (Å²) in [4.78, 5) is 4.93. The Morgan fingerprint density at radius 3 is 1.78 bits per heavy atom. The van der Waals surface area contributed by atoms with Crippen molar-refractivity contribution >= 4 is 55.3 Å². The van der Waals surface area contributed by atoms with Crippen LogP contribution < -0.4 is 5.32 Å². The van der Waals surface area contributed by atoms with Crippen LogP contribution in [0.5, 0.6) is 0 Å². The van der Waals surface area contributed by atoms with Gasteiger partial charge in [-0.05, 0) is 108 Å². The topological polar surface area (TPSA) is 29.3 Å². The van der Waals surface area contributed by atoms with E-state index in [1.165, 1.54) is 110 Å². The van der Waals surface area contributed by atoms with Gasteiger partial charge in [-0.25, -0.2) is 0 Å². The second-order valence-electron chi connectivity index (χ2n) is 15.8. The predicted molar refractivity (Wildman–Crippen MR) is 242 cm³/mol. The van der Waals surface area contributed by atoms with Crippen molar-refractivity contribution in [3.05, 3.63) is 216 Å². The van der Waals surface area contributed by atoms with Crippen LogP contribution in [0.4, 0.5) is 0 Å². The van der Waals surface area contributed by atoms with Crippen LogP contribution in [0.15, 0.2) is 199 Å². The summed E-state index contributed by atoms with van der Waals surface area (Å²) in [5.74, 6) is 0. The molecule has 9 aromatic carbocycles. The number of nitrogens with zero attached hydrogens (tertiary/aromatic N) is 2. The monoisotopic (exact) mass is 737 g/mol. The van der Waals surface area contributed by atoms with Gasteiger partial charge in [-0.1, -0.05) is 152 Å². The minimum absolute atomic E-state index is 0.558. The van der Waals surface area contributed by atoms with E-state index in [2.05, 4.69) is 204 Å². The maximum Gasteiger partial charge on any atom is 0.107 e. The van der Waals surface area contributed by atoms with Crippen molar-refractivity contribution in [3.63, 3.8) is 0 Å². The van der Waals surface area contributed by atoms with E-state index in [-0.39, 0.29) is 0 Å². The molecule has 0 radical (unpaired) electrons. The van der Waals surface area contributed by atoms with Crippen LogP contribution in [0, 0.1) is 0 Å². The highest BCUT2D eigenvalue weighted by Gasteiger charge is 2.53. The molecule has 0 fully saturated rings. The molecule has 58 heavy (non-hydrogen) atoms. The molecular weight excluding hydrogens is 703 g/mol. The summed E-state index contributed by atoms with van der Waals surface area (Å²) in [6, 6.07) is 69.7. The fourth-order valence-corrected chi connectivity index (χ4v) is 10.8. The third kappa shape index (κ3) is 4.05. The number of nitrogens with one attached hydrogen (secondary N) is 1. The molecule has 1 N–H and O–H groups in total. The van der Waals surface area contributed by atoms with Gasteiger partial charge in [0.25, 0.3) is 0 Å². The summed E-state index contributed by atoms with van der Waals surface area (Å²) >= 11 is 0. The second-order valence-corrected chi connectivity index (χ2v) is 15.8. The molecule has 0 saturated heterocycles. The van der Waals surface area contributed by atoms with E-state index < -0.39 is 5.41 Å².